The number of ether oxygens (including phenoxy) is 1. The van der Waals surface area contributed by atoms with Gasteiger partial charge in [0.2, 0.25) is 15.9 Å². The summed E-state index contributed by atoms with van der Waals surface area (Å²) in [6.45, 7) is 3.84. The molecule has 1 heterocycles. The van der Waals surface area contributed by atoms with E-state index in [4.69, 9.17) is 4.74 Å². The molecule has 8 heteroatoms. The van der Waals surface area contributed by atoms with Gasteiger partial charge in [0.25, 0.3) is 0 Å². The Bertz CT molecular complexity index is 539. The lowest BCUT2D eigenvalue weighted by Crippen LogP contribution is -2.28. The number of hydrogen-bond acceptors (Lipinski definition) is 5. The van der Waals surface area contributed by atoms with Crippen LogP contribution < -0.4 is 10.1 Å². The molecule has 116 valence electrons. The summed E-state index contributed by atoms with van der Waals surface area (Å²) in [6, 6.07) is 0. The van der Waals surface area contributed by atoms with Crippen molar-refractivity contribution in [1.29, 1.82) is 0 Å². The standard InChI is InChI=1S/C12H24N4O3S/c1-10-11(12(19-4)16(3)14-10)9-13-7-6-8-15(2)20(5,17)18/h13H,6-9H2,1-5H3. The highest BCUT2D eigenvalue weighted by Crippen LogP contribution is 2.20. The lowest BCUT2D eigenvalue weighted by Gasteiger charge is -2.14. The van der Waals surface area contributed by atoms with Crippen LogP contribution >= 0.6 is 0 Å². The topological polar surface area (TPSA) is 76.5 Å². The number of sulfonamides is 1. The summed E-state index contributed by atoms with van der Waals surface area (Å²) in [5.74, 6) is 0.753. The van der Waals surface area contributed by atoms with Gasteiger partial charge in [0.1, 0.15) is 0 Å². The maximum Gasteiger partial charge on any atom is 0.216 e. The third-order valence-electron chi connectivity index (χ3n) is 3.18. The lowest BCUT2D eigenvalue weighted by atomic mass is 10.2. The summed E-state index contributed by atoms with van der Waals surface area (Å²) in [5.41, 5.74) is 1.97. The van der Waals surface area contributed by atoms with Crippen LogP contribution in [0.25, 0.3) is 0 Å². The molecule has 1 N–H and O–H groups in total. The summed E-state index contributed by atoms with van der Waals surface area (Å²) in [5, 5.41) is 7.59. The van der Waals surface area contributed by atoms with E-state index in [9.17, 15) is 8.42 Å². The second-order valence-corrected chi connectivity index (χ2v) is 6.90. The predicted octanol–water partition coefficient (Wildman–Crippen LogP) is 0.108. The van der Waals surface area contributed by atoms with Crippen molar-refractivity contribution in [3.63, 3.8) is 0 Å². The van der Waals surface area contributed by atoms with E-state index >= 15 is 0 Å². The SMILES string of the molecule is COc1c(CNCCCN(C)S(C)(=O)=O)c(C)nn1C. The van der Waals surface area contributed by atoms with Crippen LogP contribution in [0.1, 0.15) is 17.7 Å². The van der Waals surface area contributed by atoms with E-state index in [1.165, 1.54) is 10.6 Å². The van der Waals surface area contributed by atoms with Crippen LogP contribution in [0, 0.1) is 6.92 Å². The molecule has 0 atom stereocenters. The summed E-state index contributed by atoms with van der Waals surface area (Å²) in [4.78, 5) is 0. The molecule has 0 spiro atoms. The van der Waals surface area contributed by atoms with E-state index in [2.05, 4.69) is 10.4 Å². The molecule has 0 saturated carbocycles. The molecule has 0 aliphatic heterocycles. The van der Waals surface area contributed by atoms with Gasteiger partial charge in [-0.25, -0.2) is 17.4 Å². The number of rotatable bonds is 8. The van der Waals surface area contributed by atoms with E-state index in [-0.39, 0.29) is 0 Å². The Morgan fingerprint density at radius 1 is 1.45 bits per heavy atom. The first-order chi connectivity index (χ1) is 9.27. The van der Waals surface area contributed by atoms with E-state index in [1.54, 1.807) is 18.8 Å². The highest BCUT2D eigenvalue weighted by atomic mass is 32.2. The fourth-order valence-electron chi connectivity index (χ4n) is 1.95. The van der Waals surface area contributed by atoms with Crippen LogP contribution in [-0.4, -0.2) is 56.0 Å². The average Bonchev–Trinajstić information content (AvgIpc) is 2.61. The van der Waals surface area contributed by atoms with Crippen LogP contribution in [0.3, 0.4) is 0 Å². The highest BCUT2D eigenvalue weighted by Gasteiger charge is 2.13. The largest absolute Gasteiger partial charge is 0.481 e. The molecule has 20 heavy (non-hydrogen) atoms. The molecule has 0 saturated heterocycles. The summed E-state index contributed by atoms with van der Waals surface area (Å²) >= 11 is 0. The lowest BCUT2D eigenvalue weighted by molar-refractivity contribution is 0.367. The van der Waals surface area contributed by atoms with Gasteiger partial charge in [0, 0.05) is 27.2 Å². The third kappa shape index (κ3) is 4.46. The van der Waals surface area contributed by atoms with E-state index in [0.717, 1.165) is 30.1 Å². The number of nitrogens with zero attached hydrogens (tertiary/aromatic N) is 3. The van der Waals surface area contributed by atoms with Crippen molar-refractivity contribution >= 4 is 10.0 Å². The molecule has 1 rings (SSSR count). The van der Waals surface area contributed by atoms with Crippen molar-refractivity contribution in [3.05, 3.63) is 11.3 Å². The van der Waals surface area contributed by atoms with Crippen LogP contribution in [0.4, 0.5) is 0 Å². The van der Waals surface area contributed by atoms with Gasteiger partial charge in [-0.1, -0.05) is 0 Å². The van der Waals surface area contributed by atoms with Gasteiger partial charge in [0.15, 0.2) is 0 Å². The van der Waals surface area contributed by atoms with Crippen molar-refractivity contribution in [2.75, 3.05) is 33.5 Å². The first kappa shape index (κ1) is 16.9. The monoisotopic (exact) mass is 304 g/mol. The summed E-state index contributed by atoms with van der Waals surface area (Å²) < 4.78 is 30.8. The zero-order valence-electron chi connectivity index (χ0n) is 12.8. The van der Waals surface area contributed by atoms with Crippen LogP contribution in [0.15, 0.2) is 0 Å². The fraction of sp³-hybridized carbons (Fsp3) is 0.750. The first-order valence-electron chi connectivity index (χ1n) is 6.46. The van der Waals surface area contributed by atoms with Gasteiger partial charge < -0.3 is 10.1 Å². The Labute approximate surface area is 121 Å². The minimum atomic E-state index is -3.08. The Morgan fingerprint density at radius 3 is 2.65 bits per heavy atom. The molecule has 0 aliphatic rings. The molecular weight excluding hydrogens is 280 g/mol. The minimum Gasteiger partial charge on any atom is -0.481 e. The van der Waals surface area contributed by atoms with Crippen LogP contribution in [0.5, 0.6) is 5.88 Å². The van der Waals surface area contributed by atoms with Crippen molar-refractivity contribution in [1.82, 2.24) is 19.4 Å². The van der Waals surface area contributed by atoms with Crippen LogP contribution in [0.2, 0.25) is 0 Å². The molecule has 0 fully saturated rings. The van der Waals surface area contributed by atoms with E-state index in [0.29, 0.717) is 13.1 Å². The molecule has 0 unspecified atom stereocenters. The van der Waals surface area contributed by atoms with Gasteiger partial charge in [-0.15, -0.1) is 0 Å². The highest BCUT2D eigenvalue weighted by molar-refractivity contribution is 7.88. The van der Waals surface area contributed by atoms with Crippen LogP contribution in [-0.2, 0) is 23.6 Å². The molecule has 1 aromatic rings. The molecule has 0 amide bonds. The third-order valence-corrected chi connectivity index (χ3v) is 4.49. The van der Waals surface area contributed by atoms with Crippen molar-refractivity contribution < 1.29 is 13.2 Å². The fourth-order valence-corrected chi connectivity index (χ4v) is 2.41. The van der Waals surface area contributed by atoms with Gasteiger partial charge in [-0.05, 0) is 19.9 Å². The quantitative estimate of drug-likeness (QED) is 0.690. The molecule has 0 aliphatic carbocycles. The Balaban J connectivity index is 2.39. The first-order valence-corrected chi connectivity index (χ1v) is 8.30. The average molecular weight is 304 g/mol. The van der Waals surface area contributed by atoms with E-state index in [1.807, 2.05) is 14.0 Å². The second-order valence-electron chi connectivity index (χ2n) is 4.81. The predicted molar refractivity (Wildman–Crippen MR) is 78.3 cm³/mol. The Kier molecular flexibility index (Phi) is 5.97. The maximum atomic E-state index is 11.2. The maximum absolute atomic E-state index is 11.2. The molecular formula is C12H24N4O3S. The van der Waals surface area contributed by atoms with Gasteiger partial charge >= 0.3 is 0 Å². The zero-order chi connectivity index (χ0) is 15.3. The number of methoxy groups -OCH3 is 1. The molecule has 1 aromatic heterocycles. The molecule has 0 aromatic carbocycles. The number of nitrogens with one attached hydrogen (secondary N) is 1. The number of hydrogen-bond donors (Lipinski definition) is 1. The molecule has 0 radical (unpaired) electrons. The van der Waals surface area contributed by atoms with Crippen molar-refractivity contribution in [3.8, 4) is 5.88 Å². The van der Waals surface area contributed by atoms with E-state index < -0.39 is 10.0 Å². The van der Waals surface area contributed by atoms with Crippen molar-refractivity contribution in [2.45, 2.75) is 19.9 Å². The van der Waals surface area contributed by atoms with Gasteiger partial charge in [-0.3, -0.25) is 0 Å². The zero-order valence-corrected chi connectivity index (χ0v) is 13.6. The number of aromatic nitrogens is 2. The van der Waals surface area contributed by atoms with Gasteiger partial charge in [-0.2, -0.15) is 5.10 Å². The minimum absolute atomic E-state index is 0.509. The smallest absolute Gasteiger partial charge is 0.216 e. The molecule has 0 bridgehead atoms. The summed E-state index contributed by atoms with van der Waals surface area (Å²) in [6.07, 6.45) is 1.97. The second kappa shape index (κ2) is 7.05. The number of aryl methyl sites for hydroxylation is 2. The van der Waals surface area contributed by atoms with Gasteiger partial charge in [0.05, 0.1) is 24.6 Å². The summed E-state index contributed by atoms with van der Waals surface area (Å²) in [7, 11) is 1.97. The molecule has 7 nitrogen and oxygen atoms in total. The Morgan fingerprint density at radius 2 is 2.10 bits per heavy atom. The Hall–Kier alpha value is -1.12. The van der Waals surface area contributed by atoms with Crippen molar-refractivity contribution in [2.24, 2.45) is 7.05 Å². The normalized spacial score (nSPS) is 12.1.